The summed E-state index contributed by atoms with van der Waals surface area (Å²) in [5.41, 5.74) is 0. The molecular weight excluding hydrogens is 148 g/mol. The van der Waals surface area contributed by atoms with Crippen LogP contribution in [0.5, 0.6) is 0 Å². The van der Waals surface area contributed by atoms with Gasteiger partial charge in [-0.1, -0.05) is 0 Å². The third-order valence-corrected chi connectivity index (χ3v) is 1.03. The average Bonchev–Trinajstić information content (AvgIpc) is 1.82. The standard InChI is InChI=1S/C7H14O4/c1-5(2)11-7(10)4-3-6(8)9/h5,7,10H,3-4H2,1-2H3,(H,8,9). The summed E-state index contributed by atoms with van der Waals surface area (Å²) in [7, 11) is 0. The maximum atomic E-state index is 10.0. The molecule has 0 aliphatic heterocycles. The highest BCUT2D eigenvalue weighted by atomic mass is 16.6. The Morgan fingerprint density at radius 3 is 2.45 bits per heavy atom. The van der Waals surface area contributed by atoms with Crippen molar-refractivity contribution in [1.29, 1.82) is 0 Å². The van der Waals surface area contributed by atoms with Crippen LogP contribution in [0, 0.1) is 0 Å². The Kier molecular flexibility index (Phi) is 4.81. The van der Waals surface area contributed by atoms with E-state index in [2.05, 4.69) is 0 Å². The smallest absolute Gasteiger partial charge is 0.303 e. The number of carbonyl (C=O) groups is 1. The molecule has 1 unspecified atom stereocenters. The molecule has 4 nitrogen and oxygen atoms in total. The molecule has 0 rings (SSSR count). The predicted octanol–water partition coefficient (Wildman–Crippen LogP) is 0.595. The molecule has 0 spiro atoms. The van der Waals surface area contributed by atoms with Crippen molar-refractivity contribution in [3.63, 3.8) is 0 Å². The number of aliphatic carboxylic acids is 1. The Morgan fingerprint density at radius 1 is 1.55 bits per heavy atom. The van der Waals surface area contributed by atoms with Crippen LogP contribution in [0.3, 0.4) is 0 Å². The molecular formula is C7H14O4. The fourth-order valence-electron chi connectivity index (χ4n) is 0.629. The SMILES string of the molecule is CC(C)OC(O)CCC(=O)O. The van der Waals surface area contributed by atoms with E-state index in [1.54, 1.807) is 13.8 Å². The minimum absolute atomic E-state index is 0.0616. The molecule has 0 heterocycles. The molecule has 4 heteroatoms. The van der Waals surface area contributed by atoms with Crippen molar-refractivity contribution in [3.05, 3.63) is 0 Å². The molecule has 0 amide bonds. The van der Waals surface area contributed by atoms with Crippen LogP contribution in [-0.2, 0) is 9.53 Å². The average molecular weight is 162 g/mol. The zero-order valence-corrected chi connectivity index (χ0v) is 6.78. The maximum absolute atomic E-state index is 10.0. The predicted molar refractivity (Wildman–Crippen MR) is 39.1 cm³/mol. The highest BCUT2D eigenvalue weighted by Gasteiger charge is 2.08. The minimum atomic E-state index is -0.953. The van der Waals surface area contributed by atoms with Gasteiger partial charge in [0.1, 0.15) is 0 Å². The van der Waals surface area contributed by atoms with E-state index in [1.807, 2.05) is 0 Å². The van der Waals surface area contributed by atoms with E-state index in [0.717, 1.165) is 0 Å². The van der Waals surface area contributed by atoms with E-state index in [-0.39, 0.29) is 18.9 Å². The number of carboxylic acids is 1. The zero-order valence-electron chi connectivity index (χ0n) is 6.78. The first-order chi connectivity index (χ1) is 5.02. The summed E-state index contributed by atoms with van der Waals surface area (Å²) >= 11 is 0. The van der Waals surface area contributed by atoms with Crippen LogP contribution >= 0.6 is 0 Å². The van der Waals surface area contributed by atoms with Gasteiger partial charge in [-0.15, -0.1) is 0 Å². The van der Waals surface area contributed by atoms with Gasteiger partial charge in [0, 0.05) is 6.42 Å². The van der Waals surface area contributed by atoms with Gasteiger partial charge in [0.05, 0.1) is 12.5 Å². The van der Waals surface area contributed by atoms with Gasteiger partial charge in [-0.2, -0.15) is 0 Å². The molecule has 11 heavy (non-hydrogen) atoms. The fourth-order valence-corrected chi connectivity index (χ4v) is 0.629. The first-order valence-electron chi connectivity index (χ1n) is 3.57. The van der Waals surface area contributed by atoms with Crippen LogP contribution in [0.2, 0.25) is 0 Å². The Hall–Kier alpha value is -0.610. The van der Waals surface area contributed by atoms with Crippen molar-refractivity contribution in [2.75, 3.05) is 0 Å². The first-order valence-corrected chi connectivity index (χ1v) is 3.57. The van der Waals surface area contributed by atoms with Crippen molar-refractivity contribution < 1.29 is 19.7 Å². The third-order valence-electron chi connectivity index (χ3n) is 1.03. The van der Waals surface area contributed by atoms with Crippen LogP contribution < -0.4 is 0 Å². The number of rotatable bonds is 5. The normalized spacial score (nSPS) is 13.5. The first kappa shape index (κ1) is 10.4. The van der Waals surface area contributed by atoms with E-state index in [4.69, 9.17) is 14.9 Å². The highest BCUT2D eigenvalue weighted by Crippen LogP contribution is 2.01. The van der Waals surface area contributed by atoms with Crippen LogP contribution in [0.25, 0.3) is 0 Å². The summed E-state index contributed by atoms with van der Waals surface area (Å²) in [6.07, 6.45) is -0.939. The van der Waals surface area contributed by atoms with Crippen LogP contribution in [0.1, 0.15) is 26.7 Å². The molecule has 0 bridgehead atoms. The highest BCUT2D eigenvalue weighted by molar-refractivity contribution is 5.66. The number of ether oxygens (including phenoxy) is 1. The summed E-state index contributed by atoms with van der Waals surface area (Å²) < 4.78 is 4.89. The molecule has 66 valence electrons. The Morgan fingerprint density at radius 2 is 2.09 bits per heavy atom. The van der Waals surface area contributed by atoms with E-state index < -0.39 is 12.3 Å². The van der Waals surface area contributed by atoms with Crippen LogP contribution in [-0.4, -0.2) is 28.6 Å². The number of carboxylic acid groups (broad SMARTS) is 1. The Labute approximate surface area is 65.8 Å². The number of aliphatic hydroxyl groups excluding tert-OH is 1. The lowest BCUT2D eigenvalue weighted by atomic mass is 10.3. The second-order valence-corrected chi connectivity index (χ2v) is 2.57. The van der Waals surface area contributed by atoms with Crippen molar-refractivity contribution in [1.82, 2.24) is 0 Å². The zero-order chi connectivity index (χ0) is 8.85. The monoisotopic (exact) mass is 162 g/mol. The van der Waals surface area contributed by atoms with E-state index in [9.17, 15) is 4.79 Å². The van der Waals surface area contributed by atoms with Gasteiger partial charge in [-0.3, -0.25) is 4.79 Å². The Balaban J connectivity index is 3.37. The summed E-state index contributed by atoms with van der Waals surface area (Å²) in [4.78, 5) is 10.0. The van der Waals surface area contributed by atoms with Crippen molar-refractivity contribution in [3.8, 4) is 0 Å². The molecule has 0 aliphatic rings. The van der Waals surface area contributed by atoms with Gasteiger partial charge in [-0.05, 0) is 13.8 Å². The van der Waals surface area contributed by atoms with Gasteiger partial charge >= 0.3 is 5.97 Å². The molecule has 0 aromatic heterocycles. The summed E-state index contributed by atoms with van der Waals surface area (Å²) in [6, 6.07) is 0. The molecule has 0 fully saturated rings. The van der Waals surface area contributed by atoms with Gasteiger partial charge in [0.15, 0.2) is 6.29 Å². The van der Waals surface area contributed by atoms with Gasteiger partial charge in [-0.25, -0.2) is 0 Å². The summed E-state index contributed by atoms with van der Waals surface area (Å²) in [6.45, 7) is 3.56. The number of hydrogen-bond donors (Lipinski definition) is 2. The molecule has 0 saturated carbocycles. The van der Waals surface area contributed by atoms with Gasteiger partial charge in [0.25, 0.3) is 0 Å². The second-order valence-electron chi connectivity index (χ2n) is 2.57. The summed E-state index contributed by atoms with van der Waals surface area (Å²) in [5, 5.41) is 17.2. The molecule has 2 N–H and O–H groups in total. The fraction of sp³-hybridized carbons (Fsp3) is 0.857. The maximum Gasteiger partial charge on any atom is 0.303 e. The van der Waals surface area contributed by atoms with E-state index >= 15 is 0 Å². The topological polar surface area (TPSA) is 66.8 Å². The molecule has 0 aromatic rings. The van der Waals surface area contributed by atoms with Crippen LogP contribution in [0.15, 0.2) is 0 Å². The number of aliphatic hydroxyl groups is 1. The van der Waals surface area contributed by atoms with E-state index in [0.29, 0.717) is 0 Å². The third kappa shape index (κ3) is 7.29. The quantitative estimate of drug-likeness (QED) is 0.581. The molecule has 0 aromatic carbocycles. The molecule has 1 atom stereocenters. The molecule has 0 saturated heterocycles. The summed E-state index contributed by atoms with van der Waals surface area (Å²) in [5.74, 6) is -0.920. The van der Waals surface area contributed by atoms with Crippen molar-refractivity contribution in [2.45, 2.75) is 39.1 Å². The molecule has 0 radical (unpaired) electrons. The lowest BCUT2D eigenvalue weighted by Crippen LogP contribution is -2.18. The molecule has 0 aliphatic carbocycles. The van der Waals surface area contributed by atoms with Crippen molar-refractivity contribution >= 4 is 5.97 Å². The lowest BCUT2D eigenvalue weighted by Gasteiger charge is -2.13. The lowest BCUT2D eigenvalue weighted by molar-refractivity contribution is -0.147. The Bertz CT molecular complexity index is 122. The van der Waals surface area contributed by atoms with Gasteiger partial charge in [0.2, 0.25) is 0 Å². The second kappa shape index (κ2) is 5.09. The largest absolute Gasteiger partial charge is 0.481 e. The number of hydrogen-bond acceptors (Lipinski definition) is 3. The van der Waals surface area contributed by atoms with Crippen molar-refractivity contribution in [2.24, 2.45) is 0 Å². The van der Waals surface area contributed by atoms with Gasteiger partial charge < -0.3 is 14.9 Å². The minimum Gasteiger partial charge on any atom is -0.481 e. The van der Waals surface area contributed by atoms with Crippen LogP contribution in [0.4, 0.5) is 0 Å². The van der Waals surface area contributed by atoms with E-state index in [1.165, 1.54) is 0 Å².